The van der Waals surface area contributed by atoms with Crippen molar-refractivity contribution in [2.45, 2.75) is 38.8 Å². The molecule has 16 heavy (non-hydrogen) atoms. The van der Waals surface area contributed by atoms with Gasteiger partial charge in [0.05, 0.1) is 6.10 Å². The van der Waals surface area contributed by atoms with Gasteiger partial charge in [-0.25, -0.2) is 0 Å². The van der Waals surface area contributed by atoms with Crippen molar-refractivity contribution in [2.75, 3.05) is 6.61 Å². The van der Waals surface area contributed by atoms with Crippen molar-refractivity contribution >= 4 is 0 Å². The Hall–Kier alpha value is -0.930. The van der Waals surface area contributed by atoms with E-state index in [4.69, 9.17) is 10.5 Å². The van der Waals surface area contributed by atoms with Gasteiger partial charge in [0.2, 0.25) is 0 Å². The van der Waals surface area contributed by atoms with Gasteiger partial charge in [-0.05, 0) is 31.9 Å². The first-order chi connectivity index (χ1) is 7.66. The second kappa shape index (κ2) is 4.93. The Kier molecular flexibility index (Phi) is 3.56. The van der Waals surface area contributed by atoms with Crippen molar-refractivity contribution in [3.8, 4) is 0 Å². The molecule has 1 aromatic heterocycles. The predicted molar refractivity (Wildman–Crippen MR) is 64.2 cm³/mol. The first-order valence-corrected chi connectivity index (χ1v) is 5.95. The van der Waals surface area contributed by atoms with Crippen molar-refractivity contribution in [1.82, 2.24) is 4.98 Å². The number of hydrogen-bond acceptors (Lipinski definition) is 3. The molecule has 2 rings (SSSR count). The van der Waals surface area contributed by atoms with Crippen molar-refractivity contribution in [3.63, 3.8) is 0 Å². The summed E-state index contributed by atoms with van der Waals surface area (Å²) in [4.78, 5) is 4.39. The molecule has 2 N–H and O–H groups in total. The van der Waals surface area contributed by atoms with Crippen molar-refractivity contribution in [3.05, 3.63) is 29.6 Å². The standard InChI is InChI=1S/C13H20N2O/c1-9-3-4-11(15-8-9)7-13(14)12-5-6-16-10(12)2/h3-4,8,10,12-13H,5-7,14H2,1-2H3. The first-order valence-electron chi connectivity index (χ1n) is 5.95. The molecule has 0 bridgehead atoms. The second-order valence-corrected chi connectivity index (χ2v) is 4.72. The van der Waals surface area contributed by atoms with Crippen LogP contribution in [0.2, 0.25) is 0 Å². The molecule has 0 amide bonds. The molecule has 88 valence electrons. The monoisotopic (exact) mass is 220 g/mol. The van der Waals surface area contributed by atoms with E-state index < -0.39 is 0 Å². The van der Waals surface area contributed by atoms with Crippen LogP contribution in [-0.4, -0.2) is 23.7 Å². The molecule has 3 atom stereocenters. The lowest BCUT2D eigenvalue weighted by atomic mass is 9.91. The van der Waals surface area contributed by atoms with Gasteiger partial charge in [0.15, 0.2) is 0 Å². The van der Waals surface area contributed by atoms with E-state index in [1.165, 1.54) is 5.56 Å². The minimum Gasteiger partial charge on any atom is -0.378 e. The van der Waals surface area contributed by atoms with E-state index in [2.05, 4.69) is 24.0 Å². The van der Waals surface area contributed by atoms with Gasteiger partial charge in [0, 0.05) is 36.9 Å². The maximum atomic E-state index is 6.22. The first kappa shape index (κ1) is 11.6. The van der Waals surface area contributed by atoms with E-state index in [1.807, 2.05) is 13.1 Å². The van der Waals surface area contributed by atoms with Gasteiger partial charge in [-0.15, -0.1) is 0 Å². The van der Waals surface area contributed by atoms with Crippen LogP contribution >= 0.6 is 0 Å². The molecule has 3 unspecified atom stereocenters. The summed E-state index contributed by atoms with van der Waals surface area (Å²) in [6.07, 6.45) is 4.11. The number of nitrogens with zero attached hydrogens (tertiary/aromatic N) is 1. The fraction of sp³-hybridized carbons (Fsp3) is 0.615. The summed E-state index contributed by atoms with van der Waals surface area (Å²) in [6.45, 7) is 5.00. The van der Waals surface area contributed by atoms with Gasteiger partial charge in [-0.1, -0.05) is 6.07 Å². The number of aryl methyl sites for hydroxylation is 1. The number of rotatable bonds is 3. The third kappa shape index (κ3) is 2.60. The van der Waals surface area contributed by atoms with Gasteiger partial charge in [-0.3, -0.25) is 4.98 Å². The zero-order chi connectivity index (χ0) is 11.5. The quantitative estimate of drug-likeness (QED) is 0.843. The van der Waals surface area contributed by atoms with Gasteiger partial charge in [0.25, 0.3) is 0 Å². The molecule has 3 heteroatoms. The average molecular weight is 220 g/mol. The lowest BCUT2D eigenvalue weighted by Gasteiger charge is -2.21. The summed E-state index contributed by atoms with van der Waals surface area (Å²) >= 11 is 0. The van der Waals surface area contributed by atoms with Crippen molar-refractivity contribution < 1.29 is 4.74 Å². The van der Waals surface area contributed by atoms with Crippen LogP contribution in [0, 0.1) is 12.8 Å². The smallest absolute Gasteiger partial charge is 0.0590 e. The fourth-order valence-corrected chi connectivity index (χ4v) is 2.32. The summed E-state index contributed by atoms with van der Waals surface area (Å²) < 4.78 is 5.54. The molecule has 1 aromatic rings. The molecule has 2 heterocycles. The highest BCUT2D eigenvalue weighted by atomic mass is 16.5. The van der Waals surface area contributed by atoms with Crippen LogP contribution in [0.3, 0.4) is 0 Å². The Labute approximate surface area is 97.0 Å². The Morgan fingerprint density at radius 2 is 2.38 bits per heavy atom. The lowest BCUT2D eigenvalue weighted by molar-refractivity contribution is 0.0994. The molecule has 1 fully saturated rings. The molecular weight excluding hydrogens is 200 g/mol. The number of hydrogen-bond donors (Lipinski definition) is 1. The van der Waals surface area contributed by atoms with Gasteiger partial charge >= 0.3 is 0 Å². The molecule has 1 saturated heterocycles. The molecule has 1 aliphatic rings. The molecule has 3 nitrogen and oxygen atoms in total. The van der Waals surface area contributed by atoms with Gasteiger partial charge in [0.1, 0.15) is 0 Å². The average Bonchev–Trinajstić information content (AvgIpc) is 2.68. The third-order valence-electron chi connectivity index (χ3n) is 3.40. The van der Waals surface area contributed by atoms with E-state index in [0.29, 0.717) is 12.0 Å². The maximum Gasteiger partial charge on any atom is 0.0590 e. The van der Waals surface area contributed by atoms with Crippen LogP contribution in [0.25, 0.3) is 0 Å². The molecule has 0 spiro atoms. The molecule has 1 aliphatic heterocycles. The SMILES string of the molecule is Cc1ccc(CC(N)C2CCOC2C)nc1. The van der Waals surface area contributed by atoms with Crippen LogP contribution in [-0.2, 0) is 11.2 Å². The third-order valence-corrected chi connectivity index (χ3v) is 3.40. The zero-order valence-electron chi connectivity index (χ0n) is 10.0. The van der Waals surface area contributed by atoms with Crippen molar-refractivity contribution in [2.24, 2.45) is 11.7 Å². The topological polar surface area (TPSA) is 48.1 Å². The highest BCUT2D eigenvalue weighted by molar-refractivity contribution is 5.13. The van der Waals surface area contributed by atoms with E-state index in [1.54, 1.807) is 0 Å². The van der Waals surface area contributed by atoms with Crippen LogP contribution in [0.4, 0.5) is 0 Å². The minimum atomic E-state index is 0.160. The van der Waals surface area contributed by atoms with Crippen molar-refractivity contribution in [1.29, 1.82) is 0 Å². The highest BCUT2D eigenvalue weighted by Gasteiger charge is 2.29. The normalized spacial score (nSPS) is 26.9. The predicted octanol–water partition coefficient (Wildman–Crippen LogP) is 1.68. The van der Waals surface area contributed by atoms with E-state index >= 15 is 0 Å². The van der Waals surface area contributed by atoms with Crippen LogP contribution < -0.4 is 5.73 Å². The van der Waals surface area contributed by atoms with Crippen LogP contribution in [0.5, 0.6) is 0 Å². The molecular formula is C13H20N2O. The highest BCUT2D eigenvalue weighted by Crippen LogP contribution is 2.24. The minimum absolute atomic E-state index is 0.160. The molecule has 0 aliphatic carbocycles. The lowest BCUT2D eigenvalue weighted by Crippen LogP contribution is -2.36. The Bertz CT molecular complexity index is 336. The van der Waals surface area contributed by atoms with Crippen LogP contribution in [0.1, 0.15) is 24.6 Å². The van der Waals surface area contributed by atoms with Gasteiger partial charge < -0.3 is 10.5 Å². The number of ether oxygens (including phenoxy) is 1. The van der Waals surface area contributed by atoms with Gasteiger partial charge in [-0.2, -0.15) is 0 Å². The summed E-state index contributed by atoms with van der Waals surface area (Å²) in [6, 6.07) is 4.31. The number of aromatic nitrogens is 1. The Morgan fingerprint density at radius 3 is 2.94 bits per heavy atom. The Morgan fingerprint density at radius 1 is 1.56 bits per heavy atom. The fourth-order valence-electron chi connectivity index (χ4n) is 2.32. The number of pyridine rings is 1. The Balaban J connectivity index is 1.96. The summed E-state index contributed by atoms with van der Waals surface area (Å²) in [5.74, 6) is 0.475. The summed E-state index contributed by atoms with van der Waals surface area (Å²) in [7, 11) is 0. The largest absolute Gasteiger partial charge is 0.378 e. The zero-order valence-corrected chi connectivity index (χ0v) is 10.0. The molecule has 0 aromatic carbocycles. The molecule has 0 saturated carbocycles. The number of nitrogens with two attached hydrogens (primary N) is 1. The second-order valence-electron chi connectivity index (χ2n) is 4.72. The van der Waals surface area contributed by atoms with E-state index in [-0.39, 0.29) is 6.04 Å². The van der Waals surface area contributed by atoms with Crippen LogP contribution in [0.15, 0.2) is 18.3 Å². The summed E-state index contributed by atoms with van der Waals surface area (Å²) in [5, 5.41) is 0. The summed E-state index contributed by atoms with van der Waals surface area (Å²) in [5.41, 5.74) is 8.49. The molecule has 0 radical (unpaired) electrons. The van der Waals surface area contributed by atoms with E-state index in [9.17, 15) is 0 Å². The van der Waals surface area contributed by atoms with E-state index in [0.717, 1.165) is 25.1 Å². The maximum absolute atomic E-state index is 6.22.